The molecule has 2 rings (SSSR count). The smallest absolute Gasteiger partial charge is 0.119 e. The highest BCUT2D eigenvalue weighted by Gasteiger charge is 1.96. The molecule has 2 heteroatoms. The van der Waals surface area contributed by atoms with Crippen molar-refractivity contribution in [2.75, 3.05) is 0 Å². The Kier molecular flexibility index (Phi) is 1.40. The van der Waals surface area contributed by atoms with Crippen LogP contribution < -0.4 is 0 Å². The first-order valence-corrected chi connectivity index (χ1v) is 3.48. The Bertz CT molecular complexity index is 364. The van der Waals surface area contributed by atoms with Gasteiger partial charge in [0, 0.05) is 17.6 Å². The Balaban J connectivity index is 2.76. The Morgan fingerprint density at radius 2 is 2.18 bits per heavy atom. The number of aliphatic hydroxyl groups excluding tert-OH is 1. The van der Waals surface area contributed by atoms with Crippen LogP contribution in [-0.4, -0.2) is 9.67 Å². The molecule has 2 nitrogen and oxygen atoms in total. The monoisotopic (exact) mass is 146 g/mol. The quantitative estimate of drug-likeness (QED) is 0.646. The van der Waals surface area contributed by atoms with Crippen molar-refractivity contribution in [1.82, 2.24) is 4.57 Å². The number of rotatable bonds is 1. The molecule has 0 atom stereocenters. The van der Waals surface area contributed by atoms with E-state index in [1.807, 2.05) is 24.3 Å². The number of aliphatic hydroxyl groups is 1. The maximum absolute atomic E-state index is 8.87. The molecule has 1 aromatic heterocycles. The standard InChI is InChI=1S/C9H8NO/c11-7-10-6-5-8-3-1-2-4-9(8)10/h1-4,6,11H,7H2. The van der Waals surface area contributed by atoms with Crippen LogP contribution >= 0.6 is 0 Å². The fourth-order valence-electron chi connectivity index (χ4n) is 1.18. The van der Waals surface area contributed by atoms with Gasteiger partial charge in [-0.1, -0.05) is 18.2 Å². The molecule has 1 heterocycles. The normalized spacial score (nSPS) is 10.6. The second-order valence-electron chi connectivity index (χ2n) is 2.40. The number of para-hydroxylation sites is 1. The molecule has 1 aromatic carbocycles. The summed E-state index contributed by atoms with van der Waals surface area (Å²) in [4.78, 5) is 0. The van der Waals surface area contributed by atoms with Crippen LogP contribution in [0.5, 0.6) is 0 Å². The van der Waals surface area contributed by atoms with Gasteiger partial charge in [0.1, 0.15) is 6.73 Å². The van der Waals surface area contributed by atoms with Gasteiger partial charge in [-0.2, -0.15) is 0 Å². The topological polar surface area (TPSA) is 25.2 Å². The van der Waals surface area contributed by atoms with Crippen LogP contribution in [0, 0.1) is 6.07 Å². The first kappa shape index (κ1) is 6.43. The Morgan fingerprint density at radius 1 is 1.36 bits per heavy atom. The molecule has 0 saturated carbocycles. The van der Waals surface area contributed by atoms with Gasteiger partial charge in [0.15, 0.2) is 0 Å². The summed E-state index contributed by atoms with van der Waals surface area (Å²) in [6.07, 6.45) is 1.75. The number of fused-ring (bicyclic) bond motifs is 1. The van der Waals surface area contributed by atoms with Gasteiger partial charge >= 0.3 is 0 Å². The van der Waals surface area contributed by atoms with E-state index in [1.165, 1.54) is 0 Å². The van der Waals surface area contributed by atoms with Crippen LogP contribution in [-0.2, 0) is 6.73 Å². The summed E-state index contributed by atoms with van der Waals surface area (Å²) in [5.41, 5.74) is 1.02. The van der Waals surface area contributed by atoms with Gasteiger partial charge in [0.25, 0.3) is 0 Å². The molecular weight excluding hydrogens is 138 g/mol. The second-order valence-corrected chi connectivity index (χ2v) is 2.40. The molecular formula is C9H8NO. The van der Waals surface area contributed by atoms with E-state index in [-0.39, 0.29) is 6.73 Å². The highest BCUT2D eigenvalue weighted by atomic mass is 16.3. The average Bonchev–Trinajstić information content (AvgIpc) is 2.47. The van der Waals surface area contributed by atoms with E-state index >= 15 is 0 Å². The highest BCUT2D eigenvalue weighted by molar-refractivity contribution is 5.79. The van der Waals surface area contributed by atoms with E-state index in [1.54, 1.807) is 10.8 Å². The molecule has 0 aliphatic rings. The average molecular weight is 146 g/mol. The molecule has 1 N–H and O–H groups in total. The fourth-order valence-corrected chi connectivity index (χ4v) is 1.18. The number of nitrogens with zero attached hydrogens (tertiary/aromatic N) is 1. The molecule has 0 aliphatic heterocycles. The summed E-state index contributed by atoms with van der Waals surface area (Å²) in [5.74, 6) is 0. The number of hydrogen-bond donors (Lipinski definition) is 1. The summed E-state index contributed by atoms with van der Waals surface area (Å²) < 4.78 is 1.75. The summed E-state index contributed by atoms with van der Waals surface area (Å²) in [7, 11) is 0. The van der Waals surface area contributed by atoms with E-state index in [4.69, 9.17) is 5.11 Å². The van der Waals surface area contributed by atoms with Gasteiger partial charge < -0.3 is 9.67 Å². The van der Waals surface area contributed by atoms with Gasteiger partial charge in [-0.3, -0.25) is 0 Å². The van der Waals surface area contributed by atoms with Gasteiger partial charge in [0.2, 0.25) is 0 Å². The summed E-state index contributed by atoms with van der Waals surface area (Å²) in [6, 6.07) is 10.9. The third kappa shape index (κ3) is 0.917. The molecule has 0 unspecified atom stereocenters. The maximum Gasteiger partial charge on any atom is 0.119 e. The Hall–Kier alpha value is -1.28. The minimum atomic E-state index is 0.0179. The lowest BCUT2D eigenvalue weighted by atomic mass is 10.2. The van der Waals surface area contributed by atoms with Crippen molar-refractivity contribution in [3.63, 3.8) is 0 Å². The molecule has 0 aliphatic carbocycles. The zero-order valence-electron chi connectivity index (χ0n) is 5.99. The molecule has 0 bridgehead atoms. The SMILES string of the molecule is OCn1c[c]c2ccccc21. The van der Waals surface area contributed by atoms with Crippen molar-refractivity contribution in [2.45, 2.75) is 6.73 Å². The third-order valence-corrected chi connectivity index (χ3v) is 1.74. The molecule has 55 valence electrons. The third-order valence-electron chi connectivity index (χ3n) is 1.74. The van der Waals surface area contributed by atoms with Crippen LogP contribution in [0.2, 0.25) is 0 Å². The number of hydrogen-bond acceptors (Lipinski definition) is 1. The van der Waals surface area contributed by atoms with Crippen LogP contribution in [0.1, 0.15) is 0 Å². The van der Waals surface area contributed by atoms with Crippen molar-refractivity contribution in [3.8, 4) is 0 Å². The van der Waals surface area contributed by atoms with Crippen LogP contribution in [0.4, 0.5) is 0 Å². The lowest BCUT2D eigenvalue weighted by Crippen LogP contribution is -1.92. The van der Waals surface area contributed by atoms with E-state index in [0.29, 0.717) is 0 Å². The Morgan fingerprint density at radius 3 is 3.00 bits per heavy atom. The van der Waals surface area contributed by atoms with Crippen LogP contribution in [0.25, 0.3) is 10.9 Å². The molecule has 0 fully saturated rings. The highest BCUT2D eigenvalue weighted by Crippen LogP contribution is 2.13. The molecule has 2 aromatic rings. The number of benzene rings is 1. The lowest BCUT2D eigenvalue weighted by molar-refractivity contribution is 0.215. The molecule has 11 heavy (non-hydrogen) atoms. The minimum absolute atomic E-state index is 0.0179. The Labute approximate surface area is 64.7 Å². The van der Waals surface area contributed by atoms with E-state index in [0.717, 1.165) is 10.9 Å². The van der Waals surface area contributed by atoms with Crippen molar-refractivity contribution in [1.29, 1.82) is 0 Å². The van der Waals surface area contributed by atoms with E-state index < -0.39 is 0 Å². The van der Waals surface area contributed by atoms with Gasteiger partial charge in [0.05, 0.1) is 5.52 Å². The lowest BCUT2D eigenvalue weighted by Gasteiger charge is -1.97. The number of aromatic nitrogens is 1. The molecule has 0 spiro atoms. The predicted octanol–water partition coefficient (Wildman–Crippen LogP) is 1.39. The predicted molar refractivity (Wildman–Crippen MR) is 43.0 cm³/mol. The van der Waals surface area contributed by atoms with Crippen molar-refractivity contribution < 1.29 is 5.11 Å². The van der Waals surface area contributed by atoms with Gasteiger partial charge in [-0.25, -0.2) is 0 Å². The first-order valence-electron chi connectivity index (χ1n) is 3.48. The zero-order valence-corrected chi connectivity index (χ0v) is 5.99. The summed E-state index contributed by atoms with van der Waals surface area (Å²) >= 11 is 0. The maximum atomic E-state index is 8.87. The van der Waals surface area contributed by atoms with E-state index in [9.17, 15) is 0 Å². The second kappa shape index (κ2) is 2.40. The zero-order chi connectivity index (χ0) is 7.68. The summed E-state index contributed by atoms with van der Waals surface area (Å²) in [5, 5.41) is 9.91. The van der Waals surface area contributed by atoms with Gasteiger partial charge in [-0.15, -0.1) is 0 Å². The molecule has 0 amide bonds. The molecule has 0 saturated heterocycles. The van der Waals surface area contributed by atoms with Crippen LogP contribution in [0.15, 0.2) is 30.5 Å². The minimum Gasteiger partial charge on any atom is -0.376 e. The summed E-state index contributed by atoms with van der Waals surface area (Å²) in [6.45, 7) is 0.0179. The van der Waals surface area contributed by atoms with Crippen molar-refractivity contribution in [2.24, 2.45) is 0 Å². The van der Waals surface area contributed by atoms with E-state index in [2.05, 4.69) is 6.07 Å². The van der Waals surface area contributed by atoms with Crippen molar-refractivity contribution >= 4 is 10.9 Å². The van der Waals surface area contributed by atoms with Gasteiger partial charge in [-0.05, 0) is 6.07 Å². The first-order chi connectivity index (χ1) is 5.42. The van der Waals surface area contributed by atoms with Crippen molar-refractivity contribution in [3.05, 3.63) is 36.5 Å². The largest absolute Gasteiger partial charge is 0.376 e. The molecule has 1 radical (unpaired) electrons. The fraction of sp³-hybridized carbons (Fsp3) is 0.111. The van der Waals surface area contributed by atoms with Crippen LogP contribution in [0.3, 0.4) is 0 Å².